The third kappa shape index (κ3) is 3.78. The van der Waals surface area contributed by atoms with Crippen LogP contribution in [0.2, 0.25) is 5.02 Å². The van der Waals surface area contributed by atoms with Gasteiger partial charge in [0.2, 0.25) is 0 Å². The van der Waals surface area contributed by atoms with Crippen LogP contribution < -0.4 is 0 Å². The Morgan fingerprint density at radius 3 is 2.72 bits per heavy atom. The molecule has 0 bridgehead atoms. The SMILES string of the molecule is CCOC(=O)Cn1nc(C)c(Cl)c1-c1ccc(-c2cccc(C)c2)s1. The maximum Gasteiger partial charge on any atom is 0.327 e. The predicted molar refractivity (Wildman–Crippen MR) is 102 cm³/mol. The summed E-state index contributed by atoms with van der Waals surface area (Å²) in [6.07, 6.45) is 0. The summed E-state index contributed by atoms with van der Waals surface area (Å²) in [5.74, 6) is -0.321. The summed E-state index contributed by atoms with van der Waals surface area (Å²) >= 11 is 8.09. The fourth-order valence-corrected chi connectivity index (χ4v) is 4.01. The average molecular weight is 375 g/mol. The molecular weight excluding hydrogens is 356 g/mol. The van der Waals surface area contributed by atoms with Crippen molar-refractivity contribution in [1.29, 1.82) is 0 Å². The highest BCUT2D eigenvalue weighted by molar-refractivity contribution is 7.18. The van der Waals surface area contributed by atoms with Crippen LogP contribution in [0.5, 0.6) is 0 Å². The van der Waals surface area contributed by atoms with Crippen LogP contribution in [0.25, 0.3) is 21.0 Å². The molecule has 6 heteroatoms. The first-order valence-electron chi connectivity index (χ1n) is 8.05. The zero-order valence-electron chi connectivity index (χ0n) is 14.4. The Morgan fingerprint density at radius 2 is 2.00 bits per heavy atom. The third-order valence-electron chi connectivity index (χ3n) is 3.78. The molecular formula is C19H19ClN2O2S. The molecule has 0 spiro atoms. The van der Waals surface area contributed by atoms with Gasteiger partial charge < -0.3 is 4.74 Å². The Labute approximate surface area is 156 Å². The first kappa shape index (κ1) is 17.7. The molecule has 4 nitrogen and oxygen atoms in total. The maximum atomic E-state index is 11.9. The molecule has 3 aromatic rings. The van der Waals surface area contributed by atoms with E-state index in [0.29, 0.717) is 17.3 Å². The van der Waals surface area contributed by atoms with E-state index >= 15 is 0 Å². The largest absolute Gasteiger partial charge is 0.465 e. The lowest BCUT2D eigenvalue weighted by Gasteiger charge is -2.06. The van der Waals surface area contributed by atoms with Crippen molar-refractivity contribution >= 4 is 28.9 Å². The number of thiophene rings is 1. The second kappa shape index (κ2) is 7.42. The van der Waals surface area contributed by atoms with Gasteiger partial charge in [0.15, 0.2) is 0 Å². The summed E-state index contributed by atoms with van der Waals surface area (Å²) in [7, 11) is 0. The molecule has 0 aliphatic carbocycles. The van der Waals surface area contributed by atoms with Crippen molar-refractivity contribution in [2.24, 2.45) is 0 Å². The zero-order chi connectivity index (χ0) is 18.0. The molecule has 0 amide bonds. The quantitative estimate of drug-likeness (QED) is 0.583. The Morgan fingerprint density at radius 1 is 1.24 bits per heavy atom. The molecule has 2 heterocycles. The summed E-state index contributed by atoms with van der Waals surface area (Å²) in [5.41, 5.74) is 3.84. The summed E-state index contributed by atoms with van der Waals surface area (Å²) in [6, 6.07) is 12.5. The Bertz CT molecular complexity index is 914. The number of ether oxygens (including phenoxy) is 1. The number of nitrogens with zero attached hydrogens (tertiary/aromatic N) is 2. The number of hydrogen-bond acceptors (Lipinski definition) is 4. The number of carbonyl (C=O) groups excluding carboxylic acids is 1. The molecule has 1 aromatic carbocycles. The highest BCUT2D eigenvalue weighted by Crippen LogP contribution is 2.38. The number of esters is 1. The van der Waals surface area contributed by atoms with Crippen molar-refractivity contribution in [1.82, 2.24) is 9.78 Å². The minimum Gasteiger partial charge on any atom is -0.465 e. The van der Waals surface area contributed by atoms with Crippen molar-refractivity contribution in [3.8, 4) is 21.0 Å². The van der Waals surface area contributed by atoms with Crippen LogP contribution in [0.3, 0.4) is 0 Å². The van der Waals surface area contributed by atoms with Gasteiger partial charge in [0.1, 0.15) is 6.54 Å². The molecule has 2 aromatic heterocycles. The molecule has 0 unspecified atom stereocenters. The molecule has 3 rings (SSSR count). The van der Waals surface area contributed by atoms with E-state index in [-0.39, 0.29) is 12.5 Å². The molecule has 0 N–H and O–H groups in total. The normalized spacial score (nSPS) is 10.9. The average Bonchev–Trinajstić information content (AvgIpc) is 3.13. The van der Waals surface area contributed by atoms with Crippen molar-refractivity contribution in [2.75, 3.05) is 6.61 Å². The van der Waals surface area contributed by atoms with Gasteiger partial charge in [-0.3, -0.25) is 9.48 Å². The lowest BCUT2D eigenvalue weighted by molar-refractivity contribution is -0.144. The second-order valence-electron chi connectivity index (χ2n) is 5.74. The van der Waals surface area contributed by atoms with E-state index in [1.165, 1.54) is 11.1 Å². The number of benzene rings is 1. The molecule has 0 radical (unpaired) electrons. The van der Waals surface area contributed by atoms with E-state index in [1.54, 1.807) is 22.9 Å². The first-order chi connectivity index (χ1) is 12.0. The van der Waals surface area contributed by atoms with Gasteiger partial charge in [-0.25, -0.2) is 0 Å². The molecule has 0 atom stereocenters. The van der Waals surface area contributed by atoms with Crippen LogP contribution in [0.4, 0.5) is 0 Å². The number of hydrogen-bond donors (Lipinski definition) is 0. The Kier molecular flexibility index (Phi) is 5.25. The van der Waals surface area contributed by atoms with Gasteiger partial charge in [-0.05, 0) is 38.5 Å². The molecule has 0 saturated heterocycles. The first-order valence-corrected chi connectivity index (χ1v) is 9.24. The fourth-order valence-electron chi connectivity index (χ4n) is 2.66. The van der Waals surface area contributed by atoms with E-state index < -0.39 is 0 Å². The van der Waals surface area contributed by atoms with Gasteiger partial charge in [-0.2, -0.15) is 5.10 Å². The van der Waals surface area contributed by atoms with Crippen molar-refractivity contribution in [2.45, 2.75) is 27.3 Å². The van der Waals surface area contributed by atoms with Gasteiger partial charge in [0.25, 0.3) is 0 Å². The number of carbonyl (C=O) groups is 1. The van der Waals surface area contributed by atoms with Gasteiger partial charge in [-0.1, -0.05) is 41.4 Å². The van der Waals surface area contributed by atoms with Gasteiger partial charge >= 0.3 is 5.97 Å². The monoisotopic (exact) mass is 374 g/mol. The minimum absolute atomic E-state index is 0.0500. The van der Waals surface area contributed by atoms with Crippen molar-refractivity contribution in [3.05, 3.63) is 52.7 Å². The van der Waals surface area contributed by atoms with Crippen LogP contribution in [0.15, 0.2) is 36.4 Å². The maximum absolute atomic E-state index is 11.9. The number of rotatable bonds is 5. The van der Waals surface area contributed by atoms with Gasteiger partial charge in [0.05, 0.1) is 27.9 Å². The van der Waals surface area contributed by atoms with Gasteiger partial charge in [0, 0.05) is 4.88 Å². The lowest BCUT2D eigenvalue weighted by atomic mass is 10.1. The Balaban J connectivity index is 1.98. The highest BCUT2D eigenvalue weighted by atomic mass is 35.5. The summed E-state index contributed by atoms with van der Waals surface area (Å²) in [5, 5.41) is 4.97. The topological polar surface area (TPSA) is 44.1 Å². The van der Waals surface area contributed by atoms with Crippen LogP contribution in [-0.2, 0) is 16.1 Å². The zero-order valence-corrected chi connectivity index (χ0v) is 15.9. The molecule has 25 heavy (non-hydrogen) atoms. The van der Waals surface area contributed by atoms with Crippen LogP contribution in [0, 0.1) is 13.8 Å². The van der Waals surface area contributed by atoms with Gasteiger partial charge in [-0.15, -0.1) is 11.3 Å². The lowest BCUT2D eigenvalue weighted by Crippen LogP contribution is -2.15. The number of halogens is 1. The minimum atomic E-state index is -0.321. The number of aromatic nitrogens is 2. The third-order valence-corrected chi connectivity index (χ3v) is 5.37. The van der Waals surface area contributed by atoms with Crippen LogP contribution in [0.1, 0.15) is 18.2 Å². The van der Waals surface area contributed by atoms with E-state index in [9.17, 15) is 4.79 Å². The van der Waals surface area contributed by atoms with Crippen molar-refractivity contribution in [3.63, 3.8) is 0 Å². The van der Waals surface area contributed by atoms with E-state index in [2.05, 4.69) is 36.3 Å². The summed E-state index contributed by atoms with van der Waals surface area (Å²) in [4.78, 5) is 14.0. The molecule has 130 valence electrons. The second-order valence-corrected chi connectivity index (χ2v) is 7.21. The number of aryl methyl sites for hydroxylation is 2. The predicted octanol–water partition coefficient (Wildman–Crippen LogP) is 5.11. The smallest absolute Gasteiger partial charge is 0.327 e. The molecule has 0 saturated carbocycles. The summed E-state index contributed by atoms with van der Waals surface area (Å²) < 4.78 is 6.66. The van der Waals surface area contributed by atoms with E-state index in [1.807, 2.05) is 19.1 Å². The van der Waals surface area contributed by atoms with Crippen LogP contribution >= 0.6 is 22.9 Å². The highest BCUT2D eigenvalue weighted by Gasteiger charge is 2.19. The molecule has 0 aliphatic rings. The Hall–Kier alpha value is -2.11. The fraction of sp³-hybridized carbons (Fsp3) is 0.263. The molecule has 0 fully saturated rings. The van der Waals surface area contributed by atoms with Crippen molar-refractivity contribution < 1.29 is 9.53 Å². The van der Waals surface area contributed by atoms with E-state index in [0.717, 1.165) is 15.4 Å². The summed E-state index contributed by atoms with van der Waals surface area (Å²) in [6.45, 7) is 6.09. The van der Waals surface area contributed by atoms with E-state index in [4.69, 9.17) is 16.3 Å². The molecule has 0 aliphatic heterocycles. The van der Waals surface area contributed by atoms with Crippen LogP contribution in [-0.4, -0.2) is 22.4 Å². The standard InChI is InChI=1S/C19H19ClN2O2S/c1-4-24-17(23)11-22-19(18(20)13(3)21-22)16-9-8-15(25-16)14-7-5-6-12(2)10-14/h5-10H,4,11H2,1-3H3.